The molecule has 0 fully saturated rings. The Hall–Kier alpha value is -1.31. The molecule has 0 bridgehead atoms. The summed E-state index contributed by atoms with van der Waals surface area (Å²) in [4.78, 5) is 10.4. The van der Waals surface area contributed by atoms with Crippen molar-refractivity contribution in [2.75, 3.05) is 6.61 Å². The van der Waals surface area contributed by atoms with E-state index in [0.717, 1.165) is 19.3 Å². The van der Waals surface area contributed by atoms with Crippen molar-refractivity contribution in [2.24, 2.45) is 5.92 Å². The fourth-order valence-corrected chi connectivity index (χ4v) is 1.21. The minimum Gasteiger partial charge on any atom is -0.462 e. The van der Waals surface area contributed by atoms with Gasteiger partial charge in [-0.3, -0.25) is 4.79 Å². The van der Waals surface area contributed by atoms with Gasteiger partial charge in [-0.15, -0.1) is 13.2 Å². The maximum Gasteiger partial charge on any atom is 0.302 e. The molecule has 0 aliphatic heterocycles. The molecule has 0 saturated heterocycles. The molecule has 0 radical (unpaired) electrons. The Kier molecular flexibility index (Phi) is 8.44. The predicted octanol–water partition coefficient (Wildman–Crippen LogP) is 3.26. The van der Waals surface area contributed by atoms with Gasteiger partial charge in [0.15, 0.2) is 0 Å². The number of carbonyl (C=O) groups is 1. The largest absolute Gasteiger partial charge is 0.462 e. The van der Waals surface area contributed by atoms with Crippen LogP contribution in [0.4, 0.5) is 0 Å². The van der Waals surface area contributed by atoms with Gasteiger partial charge in [-0.1, -0.05) is 24.3 Å². The molecule has 15 heavy (non-hydrogen) atoms. The normalized spacial score (nSPS) is 12.3. The van der Waals surface area contributed by atoms with Crippen molar-refractivity contribution in [3.8, 4) is 0 Å². The third-order valence-corrected chi connectivity index (χ3v) is 2.06. The van der Waals surface area contributed by atoms with Gasteiger partial charge in [0.2, 0.25) is 0 Å². The van der Waals surface area contributed by atoms with Crippen LogP contribution in [0, 0.1) is 5.92 Å². The number of allylic oxidation sites excluding steroid dienone is 3. The van der Waals surface area contributed by atoms with Gasteiger partial charge in [0, 0.05) is 6.92 Å². The second-order valence-corrected chi connectivity index (χ2v) is 3.37. The van der Waals surface area contributed by atoms with E-state index in [0.29, 0.717) is 12.5 Å². The first-order valence-electron chi connectivity index (χ1n) is 5.22. The van der Waals surface area contributed by atoms with Gasteiger partial charge >= 0.3 is 5.97 Å². The van der Waals surface area contributed by atoms with Crippen LogP contribution in [0.3, 0.4) is 0 Å². The van der Waals surface area contributed by atoms with E-state index in [4.69, 9.17) is 4.74 Å². The van der Waals surface area contributed by atoms with Crippen molar-refractivity contribution in [3.63, 3.8) is 0 Å². The summed E-state index contributed by atoms with van der Waals surface area (Å²) < 4.78 is 4.76. The summed E-state index contributed by atoms with van der Waals surface area (Å²) in [5.74, 6) is 0.260. The molecule has 1 unspecified atom stereocenters. The number of hydrogen-bond donors (Lipinski definition) is 0. The molecule has 0 heterocycles. The lowest BCUT2D eigenvalue weighted by molar-refractivity contribution is -0.139. The smallest absolute Gasteiger partial charge is 0.302 e. The summed E-state index contributed by atoms with van der Waals surface area (Å²) in [6.45, 7) is 9.26. The van der Waals surface area contributed by atoms with Gasteiger partial charge in [0.1, 0.15) is 6.61 Å². The van der Waals surface area contributed by atoms with Crippen LogP contribution >= 0.6 is 0 Å². The molecule has 0 spiro atoms. The van der Waals surface area contributed by atoms with Crippen LogP contribution in [-0.2, 0) is 9.53 Å². The van der Waals surface area contributed by atoms with Crippen LogP contribution in [0.5, 0.6) is 0 Å². The Balaban J connectivity index is 3.53. The first-order chi connectivity index (χ1) is 7.20. The summed E-state index contributed by atoms with van der Waals surface area (Å²) >= 11 is 0. The number of ether oxygens (including phenoxy) is 1. The summed E-state index contributed by atoms with van der Waals surface area (Å²) in [6, 6.07) is 0. The highest BCUT2D eigenvalue weighted by Gasteiger charge is 1.98. The summed E-state index contributed by atoms with van der Waals surface area (Å²) in [5, 5.41) is 0. The molecule has 0 aromatic carbocycles. The second-order valence-electron chi connectivity index (χ2n) is 3.37. The Morgan fingerprint density at radius 2 is 2.13 bits per heavy atom. The Bertz CT molecular complexity index is 229. The third-order valence-electron chi connectivity index (χ3n) is 2.06. The fraction of sp³-hybridized carbons (Fsp3) is 0.462. The lowest BCUT2D eigenvalue weighted by Gasteiger charge is -2.06. The van der Waals surface area contributed by atoms with E-state index in [1.54, 1.807) is 0 Å². The molecule has 2 heteroatoms. The number of hydrogen-bond acceptors (Lipinski definition) is 2. The van der Waals surface area contributed by atoms with Gasteiger partial charge in [-0.25, -0.2) is 0 Å². The molecule has 0 aromatic rings. The quantitative estimate of drug-likeness (QED) is 0.452. The molecule has 2 nitrogen and oxygen atoms in total. The number of carbonyl (C=O) groups excluding carboxylic acids is 1. The van der Waals surface area contributed by atoms with Gasteiger partial charge in [0.25, 0.3) is 0 Å². The highest BCUT2D eigenvalue weighted by atomic mass is 16.5. The minimum atomic E-state index is -0.240. The monoisotopic (exact) mass is 208 g/mol. The van der Waals surface area contributed by atoms with Gasteiger partial charge < -0.3 is 4.74 Å². The van der Waals surface area contributed by atoms with Crippen LogP contribution in [-0.4, -0.2) is 12.6 Å². The molecule has 84 valence electrons. The van der Waals surface area contributed by atoms with E-state index < -0.39 is 0 Å². The highest BCUT2D eigenvalue weighted by molar-refractivity contribution is 5.65. The molecule has 0 rings (SSSR count). The molecule has 0 amide bonds. The van der Waals surface area contributed by atoms with Crippen molar-refractivity contribution in [1.29, 1.82) is 0 Å². The van der Waals surface area contributed by atoms with Crippen LogP contribution in [0.2, 0.25) is 0 Å². The third kappa shape index (κ3) is 9.01. The van der Waals surface area contributed by atoms with E-state index in [9.17, 15) is 4.79 Å². The lowest BCUT2D eigenvalue weighted by atomic mass is 10.00. The molecular formula is C13H20O2. The topological polar surface area (TPSA) is 26.3 Å². The molecule has 0 saturated carbocycles. The van der Waals surface area contributed by atoms with Crippen molar-refractivity contribution >= 4 is 5.97 Å². The number of rotatable bonds is 8. The standard InChI is InChI=1S/C13H20O2/c1-4-9-13(5-2)10-7-6-8-11-15-12(3)14/h4-6,8,13H,1-2,7,9-11H2,3H3/b8-6+. The SMILES string of the molecule is C=CCC(C=C)CC/C=C/COC(C)=O. The Morgan fingerprint density at radius 1 is 1.40 bits per heavy atom. The van der Waals surface area contributed by atoms with E-state index in [1.165, 1.54) is 6.92 Å². The molecule has 0 aliphatic carbocycles. The van der Waals surface area contributed by atoms with Crippen molar-refractivity contribution in [1.82, 2.24) is 0 Å². The van der Waals surface area contributed by atoms with Crippen LogP contribution in [0.15, 0.2) is 37.5 Å². The van der Waals surface area contributed by atoms with E-state index in [2.05, 4.69) is 13.2 Å². The number of esters is 1. The average molecular weight is 208 g/mol. The van der Waals surface area contributed by atoms with Crippen molar-refractivity contribution in [2.45, 2.75) is 26.2 Å². The summed E-state index contributed by atoms with van der Waals surface area (Å²) in [7, 11) is 0. The molecular weight excluding hydrogens is 188 g/mol. The van der Waals surface area contributed by atoms with E-state index in [-0.39, 0.29) is 5.97 Å². The zero-order valence-corrected chi connectivity index (χ0v) is 9.45. The van der Waals surface area contributed by atoms with Gasteiger partial charge in [0.05, 0.1) is 0 Å². The van der Waals surface area contributed by atoms with Crippen molar-refractivity contribution in [3.05, 3.63) is 37.5 Å². The molecule has 0 aromatic heterocycles. The van der Waals surface area contributed by atoms with Crippen LogP contribution in [0.1, 0.15) is 26.2 Å². The summed E-state index contributed by atoms with van der Waals surface area (Å²) in [5.41, 5.74) is 0. The van der Waals surface area contributed by atoms with Crippen molar-refractivity contribution < 1.29 is 9.53 Å². The minimum absolute atomic E-state index is 0.240. The van der Waals surface area contributed by atoms with Gasteiger partial charge in [-0.2, -0.15) is 0 Å². The first-order valence-corrected chi connectivity index (χ1v) is 5.22. The van der Waals surface area contributed by atoms with Crippen LogP contribution in [0.25, 0.3) is 0 Å². The molecule has 0 N–H and O–H groups in total. The van der Waals surface area contributed by atoms with Crippen LogP contribution < -0.4 is 0 Å². The zero-order valence-electron chi connectivity index (χ0n) is 9.45. The fourth-order valence-electron chi connectivity index (χ4n) is 1.21. The molecule has 1 atom stereocenters. The Labute approximate surface area is 92.3 Å². The van der Waals surface area contributed by atoms with Gasteiger partial charge in [-0.05, 0) is 25.2 Å². The average Bonchev–Trinajstić information content (AvgIpc) is 2.21. The van der Waals surface area contributed by atoms with E-state index in [1.807, 2.05) is 24.3 Å². The second kappa shape index (κ2) is 9.25. The molecule has 0 aliphatic rings. The van der Waals surface area contributed by atoms with E-state index >= 15 is 0 Å². The summed E-state index contributed by atoms with van der Waals surface area (Å²) in [6.07, 6.45) is 10.8. The maximum atomic E-state index is 10.4. The zero-order chi connectivity index (χ0) is 11.5. The predicted molar refractivity (Wildman–Crippen MR) is 63.5 cm³/mol. The highest BCUT2D eigenvalue weighted by Crippen LogP contribution is 2.12. The lowest BCUT2D eigenvalue weighted by Crippen LogP contribution is -1.97. The first kappa shape index (κ1) is 13.7. The Morgan fingerprint density at radius 3 is 2.67 bits per heavy atom. The maximum absolute atomic E-state index is 10.4.